The zero-order valence-electron chi connectivity index (χ0n) is 14.3. The van der Waals surface area contributed by atoms with Crippen molar-refractivity contribution in [2.24, 2.45) is 0 Å². The van der Waals surface area contributed by atoms with E-state index >= 15 is 0 Å². The molecule has 0 aliphatic heterocycles. The van der Waals surface area contributed by atoms with Crippen molar-refractivity contribution in [3.05, 3.63) is 108 Å². The molecule has 24 heavy (non-hydrogen) atoms. The Morgan fingerprint density at radius 1 is 0.792 bits per heavy atom. The van der Waals surface area contributed by atoms with Crippen LogP contribution in [0.4, 0.5) is 0 Å². The van der Waals surface area contributed by atoms with Gasteiger partial charge in [-0.1, -0.05) is 97.1 Å². The average Bonchev–Trinajstić information content (AvgIpc) is 2.61. The van der Waals surface area contributed by atoms with Gasteiger partial charge in [0.2, 0.25) is 0 Å². The molecule has 0 unspecified atom stereocenters. The van der Waals surface area contributed by atoms with E-state index < -0.39 is 0 Å². The van der Waals surface area contributed by atoms with Gasteiger partial charge in [0.15, 0.2) is 0 Å². The Morgan fingerprint density at radius 3 is 1.96 bits per heavy atom. The summed E-state index contributed by atoms with van der Waals surface area (Å²) in [7, 11) is 0. The zero-order valence-corrected chi connectivity index (χ0v) is 14.3. The number of benzene rings is 3. The topological polar surface area (TPSA) is 0 Å². The Balaban J connectivity index is 2.10. The second-order valence-electron chi connectivity index (χ2n) is 6.18. The molecule has 0 N–H and O–H groups in total. The van der Waals surface area contributed by atoms with Gasteiger partial charge in [-0.25, -0.2) is 0 Å². The Labute approximate surface area is 144 Å². The van der Waals surface area contributed by atoms with E-state index in [9.17, 15) is 0 Å². The maximum Gasteiger partial charge on any atom is -0.0105 e. The summed E-state index contributed by atoms with van der Waals surface area (Å²) in [5.41, 5.74) is 9.34. The molecule has 0 fully saturated rings. The second kappa shape index (κ2) is 6.72. The van der Waals surface area contributed by atoms with Crippen molar-refractivity contribution in [1.82, 2.24) is 0 Å². The highest BCUT2D eigenvalue weighted by atomic mass is 14.1. The molecule has 0 heterocycles. The number of rotatable bonds is 4. The van der Waals surface area contributed by atoms with Crippen LogP contribution in [0.3, 0.4) is 0 Å². The number of hydrogen-bond donors (Lipinski definition) is 0. The molecule has 0 heteroatoms. The molecule has 0 bridgehead atoms. The monoisotopic (exact) mass is 310 g/mol. The first kappa shape index (κ1) is 16.0. The number of aryl methyl sites for hydroxylation is 2. The van der Waals surface area contributed by atoms with Crippen molar-refractivity contribution in [2.75, 3.05) is 0 Å². The van der Waals surface area contributed by atoms with Gasteiger partial charge >= 0.3 is 0 Å². The third-order valence-corrected chi connectivity index (χ3v) is 4.40. The summed E-state index contributed by atoms with van der Waals surface area (Å²) in [4.78, 5) is 0. The third-order valence-electron chi connectivity index (χ3n) is 4.40. The van der Waals surface area contributed by atoms with E-state index in [0.717, 1.165) is 22.3 Å². The lowest BCUT2D eigenvalue weighted by Gasteiger charge is -2.15. The highest BCUT2D eigenvalue weighted by Gasteiger charge is 2.11. The molecule has 0 saturated heterocycles. The van der Waals surface area contributed by atoms with Crippen LogP contribution in [-0.2, 0) is 0 Å². The van der Waals surface area contributed by atoms with Gasteiger partial charge in [0.25, 0.3) is 0 Å². The Morgan fingerprint density at radius 2 is 1.38 bits per heavy atom. The molecule has 3 rings (SSSR count). The Hall–Kier alpha value is -2.86. The number of hydrogen-bond acceptors (Lipinski definition) is 0. The second-order valence-corrected chi connectivity index (χ2v) is 6.18. The van der Waals surface area contributed by atoms with Crippen LogP contribution in [0.25, 0.3) is 22.8 Å². The van der Waals surface area contributed by atoms with Crippen LogP contribution in [0.2, 0.25) is 0 Å². The fourth-order valence-corrected chi connectivity index (χ4v) is 2.94. The van der Waals surface area contributed by atoms with Crippen LogP contribution in [0.5, 0.6) is 0 Å². The summed E-state index contributed by atoms with van der Waals surface area (Å²) in [6.45, 7) is 12.6. The van der Waals surface area contributed by atoms with Crippen LogP contribution >= 0.6 is 0 Å². The highest BCUT2D eigenvalue weighted by Crippen LogP contribution is 2.33. The molecule has 0 spiro atoms. The fourth-order valence-electron chi connectivity index (χ4n) is 2.94. The molecule has 0 atom stereocenters. The van der Waals surface area contributed by atoms with Gasteiger partial charge in [-0.2, -0.15) is 0 Å². The van der Waals surface area contributed by atoms with Crippen LogP contribution in [0.15, 0.2) is 79.9 Å². The molecule has 0 radical (unpaired) electrons. The van der Waals surface area contributed by atoms with Crippen molar-refractivity contribution < 1.29 is 0 Å². The highest BCUT2D eigenvalue weighted by molar-refractivity contribution is 5.88. The van der Waals surface area contributed by atoms with Crippen molar-refractivity contribution in [3.63, 3.8) is 0 Å². The van der Waals surface area contributed by atoms with Gasteiger partial charge in [0, 0.05) is 0 Å². The van der Waals surface area contributed by atoms with Crippen LogP contribution in [-0.4, -0.2) is 0 Å². The smallest absolute Gasteiger partial charge is 0.0105 e. The molecular formula is C24H22. The molecule has 3 aromatic rings. The van der Waals surface area contributed by atoms with Crippen LogP contribution in [0, 0.1) is 13.8 Å². The molecule has 0 amide bonds. The van der Waals surface area contributed by atoms with Gasteiger partial charge in [0.1, 0.15) is 0 Å². The SMILES string of the molecule is C=Cc1c(C(=C)c2ccc(C)cc2)cccc1-c1ccc(C)cc1. The summed E-state index contributed by atoms with van der Waals surface area (Å²) in [5.74, 6) is 0. The molecule has 0 aliphatic rings. The van der Waals surface area contributed by atoms with Crippen molar-refractivity contribution in [3.8, 4) is 11.1 Å². The molecule has 3 aromatic carbocycles. The van der Waals surface area contributed by atoms with Gasteiger partial charge < -0.3 is 0 Å². The normalized spacial score (nSPS) is 10.4. The minimum Gasteiger partial charge on any atom is -0.0984 e. The van der Waals surface area contributed by atoms with Gasteiger partial charge in [0.05, 0.1) is 0 Å². The Bertz CT molecular complexity index is 878. The van der Waals surface area contributed by atoms with Crippen molar-refractivity contribution in [2.45, 2.75) is 13.8 Å². The van der Waals surface area contributed by atoms with Gasteiger partial charge in [-0.05, 0) is 47.2 Å². The van der Waals surface area contributed by atoms with Crippen LogP contribution in [0.1, 0.15) is 27.8 Å². The average molecular weight is 310 g/mol. The van der Waals surface area contributed by atoms with E-state index in [1.165, 1.54) is 22.3 Å². The van der Waals surface area contributed by atoms with E-state index in [4.69, 9.17) is 0 Å². The minimum absolute atomic E-state index is 1.03. The lowest BCUT2D eigenvalue weighted by atomic mass is 9.89. The van der Waals surface area contributed by atoms with Crippen molar-refractivity contribution >= 4 is 11.6 Å². The van der Waals surface area contributed by atoms with Gasteiger partial charge in [-0.3, -0.25) is 0 Å². The van der Waals surface area contributed by atoms with E-state index in [1.807, 2.05) is 6.08 Å². The minimum atomic E-state index is 1.03. The first-order valence-electron chi connectivity index (χ1n) is 8.19. The summed E-state index contributed by atoms with van der Waals surface area (Å²) < 4.78 is 0. The summed E-state index contributed by atoms with van der Waals surface area (Å²) in [6, 6.07) is 23.5. The molecule has 0 aliphatic carbocycles. The summed E-state index contributed by atoms with van der Waals surface area (Å²) >= 11 is 0. The van der Waals surface area contributed by atoms with E-state index in [1.54, 1.807) is 0 Å². The third kappa shape index (κ3) is 3.09. The predicted octanol–water partition coefficient (Wildman–Crippen LogP) is 6.67. The van der Waals surface area contributed by atoms with Crippen LogP contribution < -0.4 is 0 Å². The lowest BCUT2D eigenvalue weighted by Crippen LogP contribution is -1.93. The summed E-state index contributed by atoms with van der Waals surface area (Å²) in [6.07, 6.45) is 1.93. The Kier molecular flexibility index (Phi) is 4.48. The zero-order chi connectivity index (χ0) is 17.1. The molecular weight excluding hydrogens is 288 g/mol. The maximum absolute atomic E-state index is 4.33. The molecule has 118 valence electrons. The van der Waals surface area contributed by atoms with E-state index in [-0.39, 0.29) is 0 Å². The fraction of sp³-hybridized carbons (Fsp3) is 0.0833. The first-order chi connectivity index (χ1) is 11.6. The maximum atomic E-state index is 4.33. The predicted molar refractivity (Wildman–Crippen MR) is 106 cm³/mol. The standard InChI is InChI=1S/C24H22/c1-5-22-23(19(4)20-13-9-17(2)10-14-20)7-6-8-24(22)21-15-11-18(3)12-16-21/h5-16H,1,4H2,2-3H3. The van der Waals surface area contributed by atoms with E-state index in [2.05, 4.69) is 93.7 Å². The lowest BCUT2D eigenvalue weighted by molar-refractivity contribution is 1.44. The summed E-state index contributed by atoms with van der Waals surface area (Å²) in [5, 5.41) is 0. The van der Waals surface area contributed by atoms with Gasteiger partial charge in [-0.15, -0.1) is 0 Å². The van der Waals surface area contributed by atoms with Crippen molar-refractivity contribution in [1.29, 1.82) is 0 Å². The largest absolute Gasteiger partial charge is 0.0984 e. The molecule has 0 saturated carbocycles. The molecule has 0 aromatic heterocycles. The molecule has 0 nitrogen and oxygen atoms in total. The first-order valence-corrected chi connectivity index (χ1v) is 8.19. The quantitative estimate of drug-likeness (QED) is 0.504. The van der Waals surface area contributed by atoms with E-state index in [0.29, 0.717) is 0 Å².